The molecule has 0 radical (unpaired) electrons. The van der Waals surface area contributed by atoms with E-state index in [-0.39, 0.29) is 53.0 Å². The van der Waals surface area contributed by atoms with Gasteiger partial charge in [0.15, 0.2) is 19.7 Å². The first-order chi connectivity index (χ1) is 16.2. The third-order valence-corrected chi connectivity index (χ3v) is 7.65. The Morgan fingerprint density at radius 2 is 1.43 bits per heavy atom. The number of hydrogen-bond acceptors (Lipinski definition) is 8. The first-order valence-electron chi connectivity index (χ1n) is 10.5. The molecule has 13 heteroatoms. The average molecular weight is 528 g/mol. The molecule has 0 N–H and O–H groups in total. The van der Waals surface area contributed by atoms with E-state index in [9.17, 15) is 30.8 Å². The number of sulfone groups is 2. The molecule has 2 amide bonds. The van der Waals surface area contributed by atoms with Crippen molar-refractivity contribution in [2.24, 2.45) is 0 Å². The number of anilines is 1. The lowest BCUT2D eigenvalue weighted by atomic mass is 10.1. The van der Waals surface area contributed by atoms with Gasteiger partial charge in [0, 0.05) is 52.8 Å². The van der Waals surface area contributed by atoms with Crippen molar-refractivity contribution in [3.05, 3.63) is 47.8 Å². The maximum atomic E-state index is 14.6. The quantitative estimate of drug-likeness (QED) is 0.576. The zero-order valence-electron chi connectivity index (χ0n) is 19.7. The normalized spacial score (nSPS) is 14.5. The molecule has 1 heterocycles. The van der Waals surface area contributed by atoms with Gasteiger partial charge in [-0.2, -0.15) is 0 Å². The SMILES string of the molecule is CN(C)C(=O)Oc1ccc(S(C)(=O)=O)cc1C(=O)N1CCN(c2ccc(S(C)(=O)=O)cc2F)CC1. The number of piperazine rings is 1. The van der Waals surface area contributed by atoms with E-state index < -0.39 is 37.5 Å². The van der Waals surface area contributed by atoms with E-state index in [4.69, 9.17) is 4.74 Å². The third kappa shape index (κ3) is 6.09. The highest BCUT2D eigenvalue weighted by Crippen LogP contribution is 2.27. The van der Waals surface area contributed by atoms with Crippen LogP contribution in [0.1, 0.15) is 10.4 Å². The van der Waals surface area contributed by atoms with Gasteiger partial charge in [0.05, 0.1) is 21.0 Å². The largest absolute Gasteiger partial charge is 0.414 e. The molecule has 10 nitrogen and oxygen atoms in total. The summed E-state index contributed by atoms with van der Waals surface area (Å²) >= 11 is 0. The molecule has 0 aliphatic carbocycles. The van der Waals surface area contributed by atoms with Gasteiger partial charge in [-0.05, 0) is 36.4 Å². The summed E-state index contributed by atoms with van der Waals surface area (Å²) in [6, 6.07) is 7.37. The van der Waals surface area contributed by atoms with Crippen LogP contribution in [0, 0.1) is 5.82 Å². The van der Waals surface area contributed by atoms with E-state index in [2.05, 4.69) is 0 Å². The molecule has 0 bridgehead atoms. The number of carbonyl (C=O) groups excluding carboxylic acids is 2. The zero-order valence-corrected chi connectivity index (χ0v) is 21.3. The van der Waals surface area contributed by atoms with Crippen LogP contribution in [0.5, 0.6) is 5.75 Å². The number of halogens is 1. The maximum Gasteiger partial charge on any atom is 0.414 e. The molecule has 0 unspecified atom stereocenters. The molecule has 2 aromatic rings. The minimum atomic E-state index is -3.63. The molecule has 1 saturated heterocycles. The van der Waals surface area contributed by atoms with Crippen LogP contribution >= 0.6 is 0 Å². The molecule has 2 aromatic carbocycles. The number of benzene rings is 2. The molecule has 0 spiro atoms. The van der Waals surface area contributed by atoms with Gasteiger partial charge in [0.2, 0.25) is 0 Å². The Balaban J connectivity index is 1.83. The summed E-state index contributed by atoms with van der Waals surface area (Å²) in [5, 5.41) is 0. The molecular weight excluding hydrogens is 501 g/mol. The second kappa shape index (κ2) is 9.82. The van der Waals surface area contributed by atoms with Crippen LogP contribution in [0.3, 0.4) is 0 Å². The van der Waals surface area contributed by atoms with Gasteiger partial charge in [0.1, 0.15) is 11.6 Å². The monoisotopic (exact) mass is 527 g/mol. The lowest BCUT2D eigenvalue weighted by Gasteiger charge is -2.36. The minimum absolute atomic E-state index is 0.0778. The molecule has 1 aliphatic rings. The molecule has 1 fully saturated rings. The number of ether oxygens (including phenoxy) is 1. The van der Waals surface area contributed by atoms with Crippen molar-refractivity contribution in [3.63, 3.8) is 0 Å². The maximum absolute atomic E-state index is 14.6. The highest BCUT2D eigenvalue weighted by molar-refractivity contribution is 7.91. The van der Waals surface area contributed by atoms with Crippen LogP contribution in [0.25, 0.3) is 0 Å². The number of rotatable bonds is 5. The van der Waals surface area contributed by atoms with Crippen molar-refractivity contribution in [1.82, 2.24) is 9.80 Å². The first kappa shape index (κ1) is 26.4. The third-order valence-electron chi connectivity index (χ3n) is 5.43. The second-order valence-corrected chi connectivity index (χ2v) is 12.4. The van der Waals surface area contributed by atoms with Crippen LogP contribution in [-0.4, -0.2) is 91.4 Å². The molecule has 1 aliphatic heterocycles. The molecule has 190 valence electrons. The highest BCUT2D eigenvalue weighted by Gasteiger charge is 2.28. The van der Waals surface area contributed by atoms with Crippen LogP contribution in [0.4, 0.5) is 14.9 Å². The Morgan fingerprint density at radius 1 is 0.886 bits per heavy atom. The van der Waals surface area contributed by atoms with E-state index in [1.54, 1.807) is 4.90 Å². The van der Waals surface area contributed by atoms with Gasteiger partial charge in [-0.3, -0.25) is 4.79 Å². The number of nitrogens with zero attached hydrogens (tertiary/aromatic N) is 3. The van der Waals surface area contributed by atoms with Crippen molar-refractivity contribution in [1.29, 1.82) is 0 Å². The Hall–Kier alpha value is -3.19. The molecule has 3 rings (SSSR count). The van der Waals surface area contributed by atoms with Gasteiger partial charge in [0.25, 0.3) is 5.91 Å². The molecule has 0 saturated carbocycles. The van der Waals surface area contributed by atoms with Crippen molar-refractivity contribution >= 4 is 37.4 Å². The predicted molar refractivity (Wildman–Crippen MR) is 127 cm³/mol. The molecule has 0 aromatic heterocycles. The number of carbonyl (C=O) groups is 2. The summed E-state index contributed by atoms with van der Waals surface area (Å²) in [7, 11) is -4.24. The van der Waals surface area contributed by atoms with Gasteiger partial charge < -0.3 is 19.4 Å². The van der Waals surface area contributed by atoms with E-state index in [1.165, 1.54) is 54.2 Å². The summed E-state index contributed by atoms with van der Waals surface area (Å²) in [5.41, 5.74) is 0.129. The van der Waals surface area contributed by atoms with Gasteiger partial charge in [-0.15, -0.1) is 0 Å². The number of hydrogen-bond donors (Lipinski definition) is 0. The topological polar surface area (TPSA) is 121 Å². The molecule has 0 atom stereocenters. The van der Waals surface area contributed by atoms with E-state index >= 15 is 0 Å². The second-order valence-electron chi connectivity index (χ2n) is 8.36. The summed E-state index contributed by atoms with van der Waals surface area (Å²) in [5.74, 6) is -1.30. The molecular formula is C22H26FN3O7S2. The fourth-order valence-electron chi connectivity index (χ4n) is 3.48. The van der Waals surface area contributed by atoms with Gasteiger partial charge in [-0.1, -0.05) is 0 Å². The van der Waals surface area contributed by atoms with E-state index in [0.29, 0.717) is 0 Å². The van der Waals surface area contributed by atoms with Crippen molar-refractivity contribution < 1.29 is 35.6 Å². The lowest BCUT2D eigenvalue weighted by Crippen LogP contribution is -2.49. The first-order valence-corrected chi connectivity index (χ1v) is 14.2. The average Bonchev–Trinajstić information content (AvgIpc) is 2.77. The van der Waals surface area contributed by atoms with Crippen LogP contribution in [0.15, 0.2) is 46.2 Å². The predicted octanol–water partition coefficient (Wildman–Crippen LogP) is 1.66. The smallest absolute Gasteiger partial charge is 0.409 e. The lowest BCUT2D eigenvalue weighted by molar-refractivity contribution is 0.0743. The fraction of sp³-hybridized carbons (Fsp3) is 0.364. The Morgan fingerprint density at radius 3 is 1.94 bits per heavy atom. The fourth-order valence-corrected chi connectivity index (χ4v) is 4.76. The summed E-state index contributed by atoms with van der Waals surface area (Å²) in [4.78, 5) is 29.4. The van der Waals surface area contributed by atoms with E-state index in [0.717, 1.165) is 18.6 Å². The van der Waals surface area contributed by atoms with E-state index in [1.807, 2.05) is 0 Å². The van der Waals surface area contributed by atoms with Crippen LogP contribution in [0.2, 0.25) is 0 Å². The van der Waals surface area contributed by atoms with Crippen molar-refractivity contribution in [2.75, 3.05) is 57.7 Å². The van der Waals surface area contributed by atoms with Crippen LogP contribution in [-0.2, 0) is 19.7 Å². The Labute approximate surface area is 203 Å². The van der Waals surface area contributed by atoms with Gasteiger partial charge >= 0.3 is 6.09 Å². The minimum Gasteiger partial charge on any atom is -0.409 e. The number of amides is 2. The Bertz CT molecular complexity index is 1370. The van der Waals surface area contributed by atoms with Crippen molar-refractivity contribution in [2.45, 2.75) is 9.79 Å². The van der Waals surface area contributed by atoms with Crippen molar-refractivity contribution in [3.8, 4) is 5.75 Å². The Kier molecular flexibility index (Phi) is 7.41. The molecule has 35 heavy (non-hydrogen) atoms. The zero-order chi connectivity index (χ0) is 26.1. The highest BCUT2D eigenvalue weighted by atomic mass is 32.2. The standard InChI is InChI=1S/C22H26FN3O7S2/c1-24(2)22(28)33-20-8-6-15(34(3,29)30)13-17(20)21(27)26-11-9-25(10-12-26)19-7-5-16(14-18(19)23)35(4,31)32/h5-8,13-14H,9-12H2,1-4H3. The van der Waals surface area contributed by atoms with Crippen LogP contribution < -0.4 is 9.64 Å². The summed E-state index contributed by atoms with van der Waals surface area (Å²) in [6.45, 7) is 0.853. The summed E-state index contributed by atoms with van der Waals surface area (Å²) < 4.78 is 67.2. The summed E-state index contributed by atoms with van der Waals surface area (Å²) in [6.07, 6.45) is 1.27. The van der Waals surface area contributed by atoms with Gasteiger partial charge in [-0.25, -0.2) is 26.0 Å².